The molecule has 1 amide bonds. The van der Waals surface area contributed by atoms with E-state index >= 15 is 0 Å². The van der Waals surface area contributed by atoms with Crippen LogP contribution in [0.15, 0.2) is 72.8 Å². The van der Waals surface area contributed by atoms with Gasteiger partial charge in [0.1, 0.15) is 23.9 Å². The number of nitrogens with zero attached hydrogens (tertiary/aromatic N) is 1. The molecule has 0 unspecified atom stereocenters. The first-order valence-electron chi connectivity index (χ1n) is 9.04. The van der Waals surface area contributed by atoms with Crippen molar-refractivity contribution in [1.29, 1.82) is 0 Å². The molecule has 8 heteroatoms. The largest absolute Gasteiger partial charge is 0.489 e. The van der Waals surface area contributed by atoms with Gasteiger partial charge in [0.15, 0.2) is 0 Å². The summed E-state index contributed by atoms with van der Waals surface area (Å²) < 4.78 is 18.8. The SMILES string of the molecule is O=C(Nc1ccc(OCc2cccc(F)c2)cc1)c1cc2cc([N+](=O)[O-])ccc2[nH]1. The Kier molecular flexibility index (Phi) is 5.13. The van der Waals surface area contributed by atoms with Crippen LogP contribution in [0.25, 0.3) is 10.9 Å². The summed E-state index contributed by atoms with van der Waals surface area (Å²) in [5, 5.41) is 14.2. The summed E-state index contributed by atoms with van der Waals surface area (Å²) >= 11 is 0. The summed E-state index contributed by atoms with van der Waals surface area (Å²) in [5.74, 6) is -0.113. The van der Waals surface area contributed by atoms with E-state index in [1.165, 1.54) is 24.3 Å². The highest BCUT2D eigenvalue weighted by Crippen LogP contribution is 2.23. The van der Waals surface area contributed by atoms with Crippen molar-refractivity contribution in [3.05, 3.63) is 100.0 Å². The topological polar surface area (TPSA) is 97.3 Å². The Morgan fingerprint density at radius 3 is 2.60 bits per heavy atom. The van der Waals surface area contributed by atoms with E-state index in [1.807, 2.05) is 0 Å². The van der Waals surface area contributed by atoms with Gasteiger partial charge in [-0.25, -0.2) is 4.39 Å². The van der Waals surface area contributed by atoms with Gasteiger partial charge in [-0.15, -0.1) is 0 Å². The first-order valence-corrected chi connectivity index (χ1v) is 9.04. The molecule has 30 heavy (non-hydrogen) atoms. The minimum absolute atomic E-state index is 0.0395. The number of benzene rings is 3. The van der Waals surface area contributed by atoms with Crippen LogP contribution in [0.4, 0.5) is 15.8 Å². The van der Waals surface area contributed by atoms with E-state index < -0.39 is 4.92 Å². The van der Waals surface area contributed by atoms with Crippen molar-refractivity contribution in [1.82, 2.24) is 4.98 Å². The Morgan fingerprint density at radius 2 is 1.87 bits per heavy atom. The minimum atomic E-state index is -0.482. The molecule has 4 aromatic rings. The Balaban J connectivity index is 1.41. The lowest BCUT2D eigenvalue weighted by atomic mass is 10.2. The van der Waals surface area contributed by atoms with Gasteiger partial charge in [-0.05, 0) is 54.1 Å². The van der Waals surface area contributed by atoms with E-state index in [1.54, 1.807) is 48.5 Å². The molecular formula is C22H16FN3O4. The molecule has 0 aliphatic rings. The zero-order chi connectivity index (χ0) is 21.1. The second-order valence-corrected chi connectivity index (χ2v) is 6.61. The fraction of sp³-hybridized carbons (Fsp3) is 0.0455. The van der Waals surface area contributed by atoms with Gasteiger partial charge in [0.2, 0.25) is 0 Å². The molecule has 2 N–H and O–H groups in total. The van der Waals surface area contributed by atoms with Gasteiger partial charge in [-0.1, -0.05) is 12.1 Å². The number of rotatable bonds is 6. The van der Waals surface area contributed by atoms with E-state index in [0.29, 0.717) is 27.9 Å². The number of fused-ring (bicyclic) bond motifs is 1. The van der Waals surface area contributed by atoms with Crippen LogP contribution in [-0.2, 0) is 6.61 Å². The number of hydrogen-bond acceptors (Lipinski definition) is 4. The van der Waals surface area contributed by atoms with Gasteiger partial charge in [-0.3, -0.25) is 14.9 Å². The second kappa shape index (κ2) is 8.04. The van der Waals surface area contributed by atoms with Gasteiger partial charge in [-0.2, -0.15) is 0 Å². The molecule has 0 saturated carbocycles. The average Bonchev–Trinajstić information content (AvgIpc) is 3.17. The zero-order valence-electron chi connectivity index (χ0n) is 15.6. The van der Waals surface area contributed by atoms with Crippen LogP contribution < -0.4 is 10.1 Å². The van der Waals surface area contributed by atoms with E-state index in [2.05, 4.69) is 10.3 Å². The second-order valence-electron chi connectivity index (χ2n) is 6.61. The number of ether oxygens (including phenoxy) is 1. The number of hydrogen-bond donors (Lipinski definition) is 2. The van der Waals surface area contributed by atoms with E-state index in [4.69, 9.17) is 4.74 Å². The molecule has 7 nitrogen and oxygen atoms in total. The van der Waals surface area contributed by atoms with E-state index in [9.17, 15) is 19.3 Å². The predicted molar refractivity (Wildman–Crippen MR) is 110 cm³/mol. The molecule has 3 aromatic carbocycles. The number of aromatic nitrogens is 1. The normalized spacial score (nSPS) is 10.7. The fourth-order valence-electron chi connectivity index (χ4n) is 2.98. The van der Waals surface area contributed by atoms with Gasteiger partial charge >= 0.3 is 0 Å². The van der Waals surface area contributed by atoms with Crippen LogP contribution in [0.1, 0.15) is 16.1 Å². The number of carbonyl (C=O) groups excluding carboxylic acids is 1. The summed E-state index contributed by atoms with van der Waals surface area (Å²) in [6.07, 6.45) is 0. The van der Waals surface area contributed by atoms with Gasteiger partial charge in [0.25, 0.3) is 11.6 Å². The van der Waals surface area contributed by atoms with Crippen molar-refractivity contribution in [2.45, 2.75) is 6.61 Å². The van der Waals surface area contributed by atoms with Crippen LogP contribution in [-0.4, -0.2) is 15.8 Å². The summed E-state index contributed by atoms with van der Waals surface area (Å²) in [4.78, 5) is 25.8. The monoisotopic (exact) mass is 405 g/mol. The standard InChI is InChI=1S/C22H16FN3O4/c23-16-3-1-2-14(10-16)13-30-19-7-4-17(5-8-19)24-22(27)21-12-15-11-18(26(28)29)6-9-20(15)25-21/h1-12,25H,13H2,(H,24,27). The van der Waals surface area contributed by atoms with Gasteiger partial charge in [0, 0.05) is 28.7 Å². The maximum absolute atomic E-state index is 13.2. The number of amides is 1. The molecule has 0 aliphatic heterocycles. The van der Waals surface area contributed by atoms with Gasteiger partial charge in [0.05, 0.1) is 4.92 Å². The van der Waals surface area contributed by atoms with Gasteiger partial charge < -0.3 is 15.0 Å². The first-order chi connectivity index (χ1) is 14.5. The number of aromatic amines is 1. The molecule has 0 aliphatic carbocycles. The lowest BCUT2D eigenvalue weighted by Gasteiger charge is -2.08. The predicted octanol–water partition coefficient (Wildman–Crippen LogP) is 5.05. The Morgan fingerprint density at radius 1 is 1.07 bits per heavy atom. The molecule has 0 spiro atoms. The van der Waals surface area contributed by atoms with Crippen molar-refractivity contribution < 1.29 is 18.8 Å². The molecule has 0 atom stereocenters. The van der Waals surface area contributed by atoms with Crippen LogP contribution in [0.5, 0.6) is 5.75 Å². The lowest BCUT2D eigenvalue weighted by molar-refractivity contribution is -0.384. The number of nitrogens with one attached hydrogen (secondary N) is 2. The number of anilines is 1. The molecule has 0 bridgehead atoms. The third-order valence-electron chi connectivity index (χ3n) is 4.47. The zero-order valence-corrected chi connectivity index (χ0v) is 15.6. The third kappa shape index (κ3) is 4.27. The molecule has 0 fully saturated rings. The van der Waals surface area contributed by atoms with Crippen LogP contribution in [0.2, 0.25) is 0 Å². The molecule has 4 rings (SSSR count). The highest BCUT2D eigenvalue weighted by molar-refractivity contribution is 6.06. The maximum atomic E-state index is 13.2. The number of non-ortho nitro benzene ring substituents is 1. The summed E-state index contributed by atoms with van der Waals surface area (Å²) in [7, 11) is 0. The van der Waals surface area contributed by atoms with E-state index in [0.717, 1.165) is 0 Å². The average molecular weight is 405 g/mol. The molecular weight excluding hydrogens is 389 g/mol. The number of carbonyl (C=O) groups is 1. The number of nitro groups is 1. The molecule has 0 radical (unpaired) electrons. The molecule has 150 valence electrons. The Hall–Kier alpha value is -4.20. The number of halogens is 1. The third-order valence-corrected chi connectivity index (χ3v) is 4.47. The maximum Gasteiger partial charge on any atom is 0.272 e. The van der Waals surface area contributed by atoms with Crippen molar-refractivity contribution in [3.8, 4) is 5.75 Å². The van der Waals surface area contributed by atoms with Crippen molar-refractivity contribution in [2.75, 3.05) is 5.32 Å². The Bertz CT molecular complexity index is 1230. The number of nitro benzene ring substituents is 1. The molecule has 1 aromatic heterocycles. The molecule has 1 heterocycles. The highest BCUT2D eigenvalue weighted by Gasteiger charge is 2.13. The van der Waals surface area contributed by atoms with Crippen molar-refractivity contribution in [3.63, 3.8) is 0 Å². The van der Waals surface area contributed by atoms with Crippen molar-refractivity contribution in [2.24, 2.45) is 0 Å². The fourth-order valence-corrected chi connectivity index (χ4v) is 2.98. The van der Waals surface area contributed by atoms with Crippen molar-refractivity contribution >= 4 is 28.2 Å². The lowest BCUT2D eigenvalue weighted by Crippen LogP contribution is -2.12. The van der Waals surface area contributed by atoms with Crippen LogP contribution >= 0.6 is 0 Å². The highest BCUT2D eigenvalue weighted by atomic mass is 19.1. The minimum Gasteiger partial charge on any atom is -0.489 e. The quantitative estimate of drug-likeness (QED) is 0.347. The Labute approximate surface area is 170 Å². The van der Waals surface area contributed by atoms with Crippen LogP contribution in [0.3, 0.4) is 0 Å². The summed E-state index contributed by atoms with van der Waals surface area (Å²) in [6.45, 7) is 0.227. The van der Waals surface area contributed by atoms with Crippen LogP contribution in [0, 0.1) is 15.9 Å². The smallest absolute Gasteiger partial charge is 0.272 e. The molecule has 0 saturated heterocycles. The first kappa shape index (κ1) is 19.1. The van der Waals surface area contributed by atoms with E-state index in [-0.39, 0.29) is 29.7 Å². The number of H-pyrrole nitrogens is 1. The summed E-state index contributed by atoms with van der Waals surface area (Å²) in [6, 6.07) is 18.9. The summed E-state index contributed by atoms with van der Waals surface area (Å²) in [5.41, 5.74) is 2.15.